The van der Waals surface area contributed by atoms with Gasteiger partial charge in [-0.1, -0.05) is 18.2 Å². The van der Waals surface area contributed by atoms with Gasteiger partial charge >= 0.3 is 19.3 Å². The molecule has 1 saturated heterocycles. The number of rotatable bonds is 6. The van der Waals surface area contributed by atoms with Crippen molar-refractivity contribution in [2.45, 2.75) is 25.0 Å². The molecule has 3 atom stereocenters. The first kappa shape index (κ1) is 20.2. The van der Waals surface area contributed by atoms with Crippen LogP contribution in [0.15, 0.2) is 52.2 Å². The zero-order chi connectivity index (χ0) is 20.3. The van der Waals surface area contributed by atoms with Crippen LogP contribution >= 0.6 is 7.60 Å². The molecule has 0 spiro atoms. The number of H-pyrrole nitrogens is 1. The first-order valence-electron chi connectivity index (χ1n) is 8.12. The van der Waals surface area contributed by atoms with Crippen LogP contribution in [0.1, 0.15) is 23.0 Å². The highest BCUT2D eigenvalue weighted by molar-refractivity contribution is 7.51. The number of aromatic amines is 1. The standard InChI is InChI=1S/C16H17N2O9P/c19-12-6-7-18(16(21)17-12)14-11(8-13(27-14)25-9-28(22,23)24)26-15(20)10-4-2-1-3-5-10/h1-7,11,13-14H,8-9H2,(H,17,19,21)(H2,22,23,24)/t11?,13-,14+/m0/s1. The zero-order valence-corrected chi connectivity index (χ0v) is 15.2. The molecule has 1 fully saturated rings. The lowest BCUT2D eigenvalue weighted by Crippen LogP contribution is -2.36. The zero-order valence-electron chi connectivity index (χ0n) is 14.3. The van der Waals surface area contributed by atoms with E-state index < -0.39 is 49.8 Å². The molecule has 0 bridgehead atoms. The van der Waals surface area contributed by atoms with E-state index in [2.05, 4.69) is 4.98 Å². The van der Waals surface area contributed by atoms with E-state index in [0.29, 0.717) is 0 Å². The maximum atomic E-state index is 12.4. The maximum absolute atomic E-state index is 12.4. The number of nitrogens with one attached hydrogen (secondary N) is 1. The summed E-state index contributed by atoms with van der Waals surface area (Å²) >= 11 is 0. The van der Waals surface area contributed by atoms with E-state index in [-0.39, 0.29) is 12.0 Å². The second-order valence-corrected chi connectivity index (χ2v) is 7.57. The molecule has 0 radical (unpaired) electrons. The molecule has 0 amide bonds. The van der Waals surface area contributed by atoms with Gasteiger partial charge in [0.05, 0.1) is 5.56 Å². The summed E-state index contributed by atoms with van der Waals surface area (Å²) in [6.45, 7) is 0. The molecule has 28 heavy (non-hydrogen) atoms. The summed E-state index contributed by atoms with van der Waals surface area (Å²) in [6, 6.07) is 9.20. The minimum absolute atomic E-state index is 0.0746. The van der Waals surface area contributed by atoms with Gasteiger partial charge in [0.25, 0.3) is 5.56 Å². The summed E-state index contributed by atoms with van der Waals surface area (Å²) in [5, 5.41) is 0. The topological polar surface area (TPSA) is 157 Å². The van der Waals surface area contributed by atoms with Crippen LogP contribution in [0, 0.1) is 0 Å². The van der Waals surface area contributed by atoms with Gasteiger partial charge in [0, 0.05) is 18.7 Å². The van der Waals surface area contributed by atoms with E-state index >= 15 is 0 Å². The Bertz CT molecular complexity index is 997. The van der Waals surface area contributed by atoms with Crippen LogP contribution in [0.5, 0.6) is 0 Å². The Kier molecular flexibility index (Phi) is 5.92. The maximum Gasteiger partial charge on any atom is 0.351 e. The molecule has 1 aromatic carbocycles. The lowest BCUT2D eigenvalue weighted by molar-refractivity contribution is -0.147. The Balaban J connectivity index is 1.82. The molecule has 1 unspecified atom stereocenters. The number of nitrogens with zero attached hydrogens (tertiary/aromatic N) is 1. The van der Waals surface area contributed by atoms with Crippen LogP contribution in [0.2, 0.25) is 0 Å². The number of esters is 1. The van der Waals surface area contributed by atoms with Crippen LogP contribution in [0.4, 0.5) is 0 Å². The number of hydrogen-bond donors (Lipinski definition) is 3. The molecule has 3 rings (SSSR count). The molecule has 0 saturated carbocycles. The molecule has 1 aliphatic heterocycles. The number of carbonyl (C=O) groups excluding carboxylic acids is 1. The highest BCUT2D eigenvalue weighted by Crippen LogP contribution is 2.38. The molecule has 2 aromatic rings. The summed E-state index contributed by atoms with van der Waals surface area (Å²) in [5.41, 5.74) is -1.14. The smallest absolute Gasteiger partial charge is 0.351 e. The van der Waals surface area contributed by atoms with Gasteiger partial charge in [-0.2, -0.15) is 0 Å². The van der Waals surface area contributed by atoms with Gasteiger partial charge in [-0.05, 0) is 12.1 Å². The van der Waals surface area contributed by atoms with Crippen molar-refractivity contribution < 1.29 is 33.4 Å². The molecule has 11 nitrogen and oxygen atoms in total. The fourth-order valence-corrected chi connectivity index (χ4v) is 3.01. The minimum atomic E-state index is -4.45. The van der Waals surface area contributed by atoms with E-state index in [4.69, 9.17) is 24.0 Å². The van der Waals surface area contributed by atoms with Crippen LogP contribution in [0.25, 0.3) is 0 Å². The second-order valence-electron chi connectivity index (χ2n) is 5.98. The Morgan fingerprint density at radius 2 is 1.96 bits per heavy atom. The van der Waals surface area contributed by atoms with Gasteiger partial charge in [0.15, 0.2) is 25.0 Å². The normalized spacial score (nSPS) is 22.1. The van der Waals surface area contributed by atoms with Gasteiger partial charge in [0.2, 0.25) is 0 Å². The predicted molar refractivity (Wildman–Crippen MR) is 93.5 cm³/mol. The highest BCUT2D eigenvalue weighted by atomic mass is 31.2. The van der Waals surface area contributed by atoms with E-state index in [9.17, 15) is 18.9 Å². The Hall–Kier alpha value is -2.56. The van der Waals surface area contributed by atoms with E-state index in [1.54, 1.807) is 30.3 Å². The molecule has 1 aromatic heterocycles. The Morgan fingerprint density at radius 1 is 1.25 bits per heavy atom. The van der Waals surface area contributed by atoms with Crippen molar-refractivity contribution in [2.24, 2.45) is 0 Å². The molecule has 3 N–H and O–H groups in total. The summed E-state index contributed by atoms with van der Waals surface area (Å²) < 4.78 is 28.0. The van der Waals surface area contributed by atoms with Crippen molar-refractivity contribution in [2.75, 3.05) is 6.35 Å². The lowest BCUT2D eigenvalue weighted by Gasteiger charge is -2.20. The lowest BCUT2D eigenvalue weighted by atomic mass is 10.2. The van der Waals surface area contributed by atoms with Crippen LogP contribution in [0.3, 0.4) is 0 Å². The third kappa shape index (κ3) is 5.03. The number of carbonyl (C=O) groups is 1. The highest BCUT2D eigenvalue weighted by Gasteiger charge is 2.41. The van der Waals surface area contributed by atoms with Crippen LogP contribution in [-0.4, -0.2) is 44.0 Å². The van der Waals surface area contributed by atoms with Crippen LogP contribution < -0.4 is 11.2 Å². The minimum Gasteiger partial charge on any atom is -0.454 e. The predicted octanol–water partition coefficient (Wildman–Crippen LogP) is 0.159. The van der Waals surface area contributed by atoms with E-state index in [1.807, 2.05) is 0 Å². The average Bonchev–Trinajstić information content (AvgIpc) is 3.03. The molecule has 0 aliphatic carbocycles. The Labute approximate surface area is 157 Å². The molecule has 1 aliphatic rings. The molecular weight excluding hydrogens is 395 g/mol. The summed E-state index contributed by atoms with van der Waals surface area (Å²) in [7, 11) is -4.45. The monoisotopic (exact) mass is 412 g/mol. The quantitative estimate of drug-likeness (QED) is 0.444. The van der Waals surface area contributed by atoms with E-state index in [0.717, 1.165) is 10.6 Å². The molecule has 150 valence electrons. The molecule has 12 heteroatoms. The van der Waals surface area contributed by atoms with Gasteiger partial charge in [-0.25, -0.2) is 9.59 Å². The number of benzene rings is 1. The van der Waals surface area contributed by atoms with Crippen molar-refractivity contribution >= 4 is 13.6 Å². The number of hydrogen-bond acceptors (Lipinski definition) is 7. The fourth-order valence-electron chi connectivity index (χ4n) is 2.65. The first-order chi connectivity index (χ1) is 13.2. The summed E-state index contributed by atoms with van der Waals surface area (Å²) in [5.74, 6) is -0.674. The molecular formula is C16H17N2O9P. The van der Waals surface area contributed by atoms with Gasteiger partial charge < -0.3 is 24.0 Å². The molecule has 2 heterocycles. The second kappa shape index (κ2) is 8.21. The van der Waals surface area contributed by atoms with Crippen molar-refractivity contribution in [1.82, 2.24) is 9.55 Å². The SMILES string of the molecule is O=C(OC1C[C@@H](OCP(=O)(O)O)O[C@H]1n1ccc(=O)[nH]c1=O)c1ccccc1. The largest absolute Gasteiger partial charge is 0.454 e. The first-order valence-corrected chi connectivity index (χ1v) is 9.92. The average molecular weight is 412 g/mol. The van der Waals surface area contributed by atoms with Gasteiger partial charge in [-0.15, -0.1) is 0 Å². The Morgan fingerprint density at radius 3 is 2.61 bits per heavy atom. The fraction of sp³-hybridized carbons (Fsp3) is 0.312. The van der Waals surface area contributed by atoms with Crippen molar-refractivity contribution in [3.63, 3.8) is 0 Å². The van der Waals surface area contributed by atoms with Crippen molar-refractivity contribution in [1.29, 1.82) is 0 Å². The van der Waals surface area contributed by atoms with Crippen LogP contribution in [-0.2, 0) is 18.8 Å². The summed E-state index contributed by atoms with van der Waals surface area (Å²) in [6.07, 6.45) is -3.10. The number of ether oxygens (including phenoxy) is 3. The third-order valence-corrected chi connectivity index (χ3v) is 4.34. The summed E-state index contributed by atoms with van der Waals surface area (Å²) in [4.78, 5) is 55.6. The van der Waals surface area contributed by atoms with Gasteiger partial charge in [-0.3, -0.25) is 18.9 Å². The number of aromatic nitrogens is 2. The van der Waals surface area contributed by atoms with Gasteiger partial charge in [0.1, 0.15) is 0 Å². The van der Waals surface area contributed by atoms with Crippen molar-refractivity contribution in [3.05, 3.63) is 69.0 Å². The van der Waals surface area contributed by atoms with E-state index in [1.165, 1.54) is 6.20 Å². The van der Waals surface area contributed by atoms with Crippen molar-refractivity contribution in [3.8, 4) is 0 Å². The third-order valence-electron chi connectivity index (χ3n) is 3.86.